The lowest BCUT2D eigenvalue weighted by Gasteiger charge is -2.26. The topological polar surface area (TPSA) is 89.5 Å². The molecule has 0 spiro atoms. The second-order valence-electron chi connectivity index (χ2n) is 6.87. The Bertz CT molecular complexity index is 1030. The van der Waals surface area contributed by atoms with Gasteiger partial charge in [0, 0.05) is 29.3 Å². The largest absolute Gasteiger partial charge is 0.507 e. The van der Waals surface area contributed by atoms with Crippen LogP contribution in [-0.4, -0.2) is 44.4 Å². The molecular weight excluding hydrogens is 378 g/mol. The fourth-order valence-corrected chi connectivity index (χ4v) is 3.88. The number of phenolic OH excluding ortho intramolecular Hbond substituents is 1. The fraction of sp³-hybridized carbons (Fsp3) is 0.238. The summed E-state index contributed by atoms with van der Waals surface area (Å²) in [5, 5.41) is 27.5. The second-order valence-corrected chi connectivity index (χ2v) is 7.28. The SMILES string of the molecule is Cc1cc(O)c(-c2n[nH]c3c2[C@@H](c2ccccc2)N(CCCO)C3=O)cc1Cl. The van der Waals surface area contributed by atoms with Crippen LogP contribution in [0.2, 0.25) is 5.02 Å². The number of rotatable bonds is 5. The Kier molecular flexibility index (Phi) is 4.83. The van der Waals surface area contributed by atoms with Gasteiger partial charge in [-0.3, -0.25) is 9.89 Å². The Balaban J connectivity index is 1.90. The van der Waals surface area contributed by atoms with Gasteiger partial charge in [0.25, 0.3) is 5.91 Å². The van der Waals surface area contributed by atoms with Crippen LogP contribution in [0.3, 0.4) is 0 Å². The van der Waals surface area contributed by atoms with Crippen molar-refractivity contribution in [3.8, 4) is 17.0 Å². The number of fused-ring (bicyclic) bond motifs is 1. The lowest BCUT2D eigenvalue weighted by molar-refractivity contribution is 0.0732. The van der Waals surface area contributed by atoms with Crippen LogP contribution in [0.1, 0.15) is 39.6 Å². The van der Waals surface area contributed by atoms with E-state index in [0.717, 1.165) is 11.1 Å². The number of aromatic hydroxyl groups is 1. The van der Waals surface area contributed by atoms with Gasteiger partial charge >= 0.3 is 0 Å². The zero-order valence-electron chi connectivity index (χ0n) is 15.3. The molecule has 7 heteroatoms. The number of nitrogens with one attached hydrogen (secondary N) is 1. The van der Waals surface area contributed by atoms with Gasteiger partial charge in [-0.05, 0) is 36.6 Å². The fourth-order valence-electron chi connectivity index (χ4n) is 3.71. The summed E-state index contributed by atoms with van der Waals surface area (Å²) in [5.41, 5.74) is 3.79. The molecule has 0 fully saturated rings. The van der Waals surface area contributed by atoms with Crippen LogP contribution in [0.5, 0.6) is 5.75 Å². The zero-order chi connectivity index (χ0) is 19.8. The number of carbonyl (C=O) groups excluding carboxylic acids is 1. The molecule has 1 aromatic heterocycles. The number of aromatic amines is 1. The van der Waals surface area contributed by atoms with E-state index < -0.39 is 0 Å². The molecule has 0 unspecified atom stereocenters. The van der Waals surface area contributed by atoms with Crippen molar-refractivity contribution in [1.29, 1.82) is 0 Å². The minimum Gasteiger partial charge on any atom is -0.507 e. The summed E-state index contributed by atoms with van der Waals surface area (Å²) >= 11 is 6.28. The standard InChI is InChI=1S/C21H20ClN3O3/c1-12-10-16(27)14(11-15(12)22)18-17-19(24-23-18)21(28)25(8-5-9-26)20(17)13-6-3-2-4-7-13/h2-4,6-7,10-11,20,26-27H,5,8-9H2,1H3,(H,23,24)/t20-/m1/s1. The minimum atomic E-state index is -0.358. The maximum atomic E-state index is 13.0. The lowest BCUT2D eigenvalue weighted by Crippen LogP contribution is -2.31. The van der Waals surface area contributed by atoms with E-state index in [-0.39, 0.29) is 24.3 Å². The average Bonchev–Trinajstić information content (AvgIpc) is 3.23. The van der Waals surface area contributed by atoms with Gasteiger partial charge in [0.05, 0.1) is 6.04 Å². The van der Waals surface area contributed by atoms with E-state index in [9.17, 15) is 15.0 Å². The van der Waals surface area contributed by atoms with Crippen molar-refractivity contribution in [3.63, 3.8) is 0 Å². The van der Waals surface area contributed by atoms with Crippen molar-refractivity contribution in [3.05, 3.63) is 69.9 Å². The van der Waals surface area contributed by atoms with Crippen molar-refractivity contribution < 1.29 is 15.0 Å². The van der Waals surface area contributed by atoms with Gasteiger partial charge in [-0.25, -0.2) is 0 Å². The number of aromatic nitrogens is 2. The zero-order valence-corrected chi connectivity index (χ0v) is 16.1. The third-order valence-electron chi connectivity index (χ3n) is 5.07. The molecule has 6 nitrogen and oxygen atoms in total. The summed E-state index contributed by atoms with van der Waals surface area (Å²) in [6.07, 6.45) is 0.476. The number of nitrogens with zero attached hydrogens (tertiary/aromatic N) is 2. The van der Waals surface area contributed by atoms with Crippen molar-refractivity contribution in [2.24, 2.45) is 0 Å². The highest BCUT2D eigenvalue weighted by molar-refractivity contribution is 6.31. The summed E-state index contributed by atoms with van der Waals surface area (Å²) in [6.45, 7) is 2.23. The van der Waals surface area contributed by atoms with Gasteiger partial charge in [0.2, 0.25) is 0 Å². The number of halogens is 1. The predicted octanol–water partition coefficient (Wildman–Crippen LogP) is 3.67. The third kappa shape index (κ3) is 2.95. The number of aryl methyl sites for hydroxylation is 1. The van der Waals surface area contributed by atoms with Crippen LogP contribution in [0.15, 0.2) is 42.5 Å². The van der Waals surface area contributed by atoms with Crippen molar-refractivity contribution in [2.45, 2.75) is 19.4 Å². The Hall–Kier alpha value is -2.83. The smallest absolute Gasteiger partial charge is 0.273 e. The molecule has 1 amide bonds. The molecule has 0 saturated heterocycles. The minimum absolute atomic E-state index is 0.00130. The summed E-state index contributed by atoms with van der Waals surface area (Å²) in [7, 11) is 0. The number of carbonyl (C=O) groups is 1. The lowest BCUT2D eigenvalue weighted by atomic mass is 9.95. The Labute approximate surface area is 167 Å². The maximum absolute atomic E-state index is 13.0. The molecule has 0 aliphatic carbocycles. The molecule has 0 saturated carbocycles. The van der Waals surface area contributed by atoms with E-state index in [0.29, 0.717) is 40.5 Å². The third-order valence-corrected chi connectivity index (χ3v) is 5.48. The van der Waals surface area contributed by atoms with Crippen LogP contribution in [0.4, 0.5) is 0 Å². The number of phenols is 1. The molecule has 28 heavy (non-hydrogen) atoms. The summed E-state index contributed by atoms with van der Waals surface area (Å²) < 4.78 is 0. The van der Waals surface area contributed by atoms with Gasteiger partial charge in [-0.2, -0.15) is 5.10 Å². The quantitative estimate of drug-likeness (QED) is 0.612. The summed E-state index contributed by atoms with van der Waals surface area (Å²) in [5.74, 6) is -0.113. The van der Waals surface area contributed by atoms with Gasteiger partial charge in [0.1, 0.15) is 17.1 Å². The first kappa shape index (κ1) is 18.5. The number of hydrogen-bond donors (Lipinski definition) is 3. The van der Waals surface area contributed by atoms with Crippen LogP contribution in [0, 0.1) is 6.92 Å². The van der Waals surface area contributed by atoms with E-state index in [2.05, 4.69) is 10.2 Å². The summed E-state index contributed by atoms with van der Waals surface area (Å²) in [6, 6.07) is 12.6. The van der Waals surface area contributed by atoms with Gasteiger partial charge < -0.3 is 15.1 Å². The molecule has 1 aliphatic rings. The average molecular weight is 398 g/mol. The number of H-pyrrole nitrogens is 1. The molecule has 0 bridgehead atoms. The van der Waals surface area contributed by atoms with Gasteiger partial charge in [0.15, 0.2) is 0 Å². The Morgan fingerprint density at radius 2 is 2.00 bits per heavy atom. The molecule has 2 heterocycles. The first-order valence-corrected chi connectivity index (χ1v) is 9.45. The Morgan fingerprint density at radius 1 is 1.25 bits per heavy atom. The van der Waals surface area contributed by atoms with E-state index in [1.165, 1.54) is 0 Å². The number of aliphatic hydroxyl groups is 1. The number of aliphatic hydroxyl groups excluding tert-OH is 1. The predicted molar refractivity (Wildman–Crippen MR) is 106 cm³/mol. The highest BCUT2D eigenvalue weighted by Gasteiger charge is 2.42. The van der Waals surface area contributed by atoms with Crippen LogP contribution >= 0.6 is 11.6 Å². The van der Waals surface area contributed by atoms with E-state index in [4.69, 9.17) is 11.6 Å². The molecule has 4 rings (SSSR count). The second kappa shape index (κ2) is 7.30. The summed E-state index contributed by atoms with van der Waals surface area (Å²) in [4.78, 5) is 14.7. The van der Waals surface area contributed by atoms with Crippen LogP contribution in [0.25, 0.3) is 11.3 Å². The first-order chi connectivity index (χ1) is 13.5. The molecule has 1 atom stereocenters. The van der Waals surface area contributed by atoms with Crippen molar-refractivity contribution >= 4 is 17.5 Å². The Morgan fingerprint density at radius 3 is 2.71 bits per heavy atom. The highest BCUT2D eigenvalue weighted by atomic mass is 35.5. The molecule has 0 radical (unpaired) electrons. The van der Waals surface area contributed by atoms with Crippen LogP contribution in [-0.2, 0) is 0 Å². The molecular formula is C21H20ClN3O3. The number of benzene rings is 2. The van der Waals surface area contributed by atoms with E-state index in [1.807, 2.05) is 37.3 Å². The van der Waals surface area contributed by atoms with E-state index in [1.54, 1.807) is 17.0 Å². The monoisotopic (exact) mass is 397 g/mol. The number of amides is 1. The van der Waals surface area contributed by atoms with Gasteiger partial charge in [-0.15, -0.1) is 0 Å². The van der Waals surface area contributed by atoms with Crippen molar-refractivity contribution in [2.75, 3.05) is 13.2 Å². The van der Waals surface area contributed by atoms with Crippen LogP contribution < -0.4 is 0 Å². The van der Waals surface area contributed by atoms with Crippen molar-refractivity contribution in [1.82, 2.24) is 15.1 Å². The van der Waals surface area contributed by atoms with Gasteiger partial charge in [-0.1, -0.05) is 41.9 Å². The van der Waals surface area contributed by atoms with E-state index >= 15 is 0 Å². The molecule has 144 valence electrons. The maximum Gasteiger partial charge on any atom is 0.273 e. The molecule has 3 N–H and O–H groups in total. The first-order valence-electron chi connectivity index (χ1n) is 9.07. The number of hydrogen-bond acceptors (Lipinski definition) is 4. The molecule has 3 aromatic rings. The molecule has 2 aromatic carbocycles. The highest BCUT2D eigenvalue weighted by Crippen LogP contribution is 2.45. The normalized spacial score (nSPS) is 15.9. The molecule has 1 aliphatic heterocycles.